The van der Waals surface area contributed by atoms with E-state index in [1.165, 1.54) is 43.8 Å². The first-order valence-corrected chi connectivity index (χ1v) is 11.6. The highest BCUT2D eigenvalue weighted by molar-refractivity contribution is 6.73. The monoisotopic (exact) mass is 330 g/mol. The van der Waals surface area contributed by atoms with Gasteiger partial charge in [0.05, 0.1) is 0 Å². The maximum absolute atomic E-state index is 6.23. The normalized spacial score (nSPS) is 15.5. The van der Waals surface area contributed by atoms with Gasteiger partial charge in [0.15, 0.2) is 8.32 Å². The van der Waals surface area contributed by atoms with Crippen molar-refractivity contribution in [3.8, 4) is 0 Å². The summed E-state index contributed by atoms with van der Waals surface area (Å²) < 4.78 is 6.23. The van der Waals surface area contributed by atoms with E-state index >= 15 is 0 Å². The summed E-state index contributed by atoms with van der Waals surface area (Å²) in [6.07, 6.45) is 5.39. The predicted octanol–water partition coefficient (Wildman–Crippen LogP) is 4.31. The second kappa shape index (κ2) is 10.8. The van der Waals surface area contributed by atoms with Gasteiger partial charge in [-0.2, -0.15) is 0 Å². The highest BCUT2D eigenvalue weighted by Gasteiger charge is 2.40. The minimum atomic E-state index is -1.62. The number of nitrogens with zero attached hydrogens (tertiary/aromatic N) is 2. The fourth-order valence-corrected chi connectivity index (χ4v) is 8.14. The Kier molecular flexibility index (Phi) is 10.8. The van der Waals surface area contributed by atoms with E-state index in [2.05, 4.69) is 58.8 Å². The van der Waals surface area contributed by atoms with Crippen LogP contribution in [0.25, 0.3) is 0 Å². The van der Waals surface area contributed by atoms with Crippen molar-refractivity contribution in [2.75, 3.05) is 48.4 Å². The molecule has 0 aliphatic carbocycles. The first-order valence-electron chi connectivity index (χ1n) is 9.07. The van der Waals surface area contributed by atoms with Crippen LogP contribution in [0.1, 0.15) is 46.5 Å². The fraction of sp³-hybridized carbons (Fsp3) is 1.00. The largest absolute Gasteiger partial charge is 0.420 e. The Labute approximate surface area is 141 Å². The van der Waals surface area contributed by atoms with Crippen LogP contribution in [-0.2, 0) is 4.43 Å². The maximum atomic E-state index is 6.23. The van der Waals surface area contributed by atoms with Crippen molar-refractivity contribution in [1.29, 1.82) is 0 Å². The van der Waals surface area contributed by atoms with Crippen LogP contribution in [-0.4, -0.2) is 66.5 Å². The smallest absolute Gasteiger partial charge is 0.192 e. The van der Waals surface area contributed by atoms with Crippen molar-refractivity contribution in [1.82, 2.24) is 9.80 Å². The van der Waals surface area contributed by atoms with Gasteiger partial charge in [0, 0.05) is 20.2 Å². The summed E-state index contributed by atoms with van der Waals surface area (Å²) in [5.41, 5.74) is 0.315. The van der Waals surface area contributed by atoms with Crippen LogP contribution in [0.15, 0.2) is 0 Å². The summed E-state index contributed by atoms with van der Waals surface area (Å²) in [7, 11) is 9.12. The fourth-order valence-electron chi connectivity index (χ4n) is 4.05. The molecule has 0 saturated heterocycles. The zero-order chi connectivity index (χ0) is 17.2. The number of rotatable bonds is 13. The molecule has 0 bridgehead atoms. The van der Waals surface area contributed by atoms with Crippen molar-refractivity contribution in [3.05, 3.63) is 0 Å². The number of unbranched alkanes of at least 4 members (excludes halogenated alkanes) is 3. The average Bonchev–Trinajstić information content (AvgIpc) is 2.40. The second-order valence-corrected chi connectivity index (χ2v) is 12.3. The van der Waals surface area contributed by atoms with E-state index in [9.17, 15) is 0 Å². The lowest BCUT2D eigenvalue weighted by Gasteiger charge is -2.42. The SMILES string of the molecule is CCCCCC[Si](CC)(CC(C)(CN(C)C)CN(C)C)OC. The van der Waals surface area contributed by atoms with E-state index in [4.69, 9.17) is 4.43 Å². The summed E-state index contributed by atoms with van der Waals surface area (Å²) in [5.74, 6) is 0. The van der Waals surface area contributed by atoms with Crippen LogP contribution in [0.5, 0.6) is 0 Å². The molecule has 1 atom stereocenters. The lowest BCUT2D eigenvalue weighted by Crippen LogP contribution is -2.48. The number of hydrogen-bond donors (Lipinski definition) is 0. The van der Waals surface area contributed by atoms with E-state index in [1.807, 2.05) is 7.11 Å². The Hall–Kier alpha value is 0.0969. The molecule has 1 unspecified atom stereocenters. The minimum Gasteiger partial charge on any atom is -0.420 e. The lowest BCUT2D eigenvalue weighted by atomic mass is 9.92. The van der Waals surface area contributed by atoms with Crippen LogP contribution in [0.3, 0.4) is 0 Å². The third-order valence-corrected chi connectivity index (χ3v) is 9.63. The average molecular weight is 331 g/mol. The third kappa shape index (κ3) is 8.66. The predicted molar refractivity (Wildman–Crippen MR) is 102 cm³/mol. The van der Waals surface area contributed by atoms with Crippen LogP contribution in [0.2, 0.25) is 18.1 Å². The lowest BCUT2D eigenvalue weighted by molar-refractivity contribution is 0.173. The molecule has 4 heteroatoms. The van der Waals surface area contributed by atoms with E-state index in [1.54, 1.807) is 0 Å². The third-order valence-electron chi connectivity index (χ3n) is 4.71. The molecular weight excluding hydrogens is 288 g/mol. The van der Waals surface area contributed by atoms with Gasteiger partial charge in [-0.15, -0.1) is 0 Å². The van der Waals surface area contributed by atoms with E-state index in [0.717, 1.165) is 13.1 Å². The van der Waals surface area contributed by atoms with Gasteiger partial charge in [-0.3, -0.25) is 0 Å². The first kappa shape index (κ1) is 22.1. The molecule has 22 heavy (non-hydrogen) atoms. The second-order valence-electron chi connectivity index (χ2n) is 8.01. The van der Waals surface area contributed by atoms with Crippen LogP contribution in [0, 0.1) is 5.41 Å². The summed E-state index contributed by atoms with van der Waals surface area (Å²) in [6, 6.07) is 3.85. The van der Waals surface area contributed by atoms with Crippen LogP contribution < -0.4 is 0 Å². The Morgan fingerprint density at radius 2 is 1.45 bits per heavy atom. The summed E-state index contributed by atoms with van der Waals surface area (Å²) in [6.45, 7) is 9.36. The highest BCUT2D eigenvalue weighted by Crippen LogP contribution is 2.36. The van der Waals surface area contributed by atoms with E-state index in [-0.39, 0.29) is 0 Å². The standard InChI is InChI=1S/C18H42N2OSi/c1-9-11-12-13-14-22(10-2,21-8)17-18(3,15-19(4)5)16-20(6)7/h9-17H2,1-8H3. The molecule has 0 aliphatic rings. The summed E-state index contributed by atoms with van der Waals surface area (Å²) in [5, 5.41) is 0. The topological polar surface area (TPSA) is 15.7 Å². The molecule has 0 spiro atoms. The molecule has 0 N–H and O–H groups in total. The van der Waals surface area contributed by atoms with Crippen molar-refractivity contribution >= 4 is 8.32 Å². The van der Waals surface area contributed by atoms with E-state index < -0.39 is 8.32 Å². The zero-order valence-corrected chi connectivity index (χ0v) is 17.7. The molecule has 134 valence electrons. The Balaban J connectivity index is 4.95. The van der Waals surface area contributed by atoms with E-state index in [0.29, 0.717) is 5.41 Å². The van der Waals surface area contributed by atoms with Gasteiger partial charge >= 0.3 is 0 Å². The molecule has 0 heterocycles. The van der Waals surface area contributed by atoms with Crippen molar-refractivity contribution < 1.29 is 4.43 Å². The van der Waals surface area contributed by atoms with Gasteiger partial charge in [0.2, 0.25) is 0 Å². The molecule has 0 saturated carbocycles. The van der Waals surface area contributed by atoms with Gasteiger partial charge in [-0.25, -0.2) is 0 Å². The Morgan fingerprint density at radius 3 is 1.82 bits per heavy atom. The Morgan fingerprint density at radius 1 is 0.909 bits per heavy atom. The molecule has 0 aromatic rings. The molecule has 0 radical (unpaired) electrons. The van der Waals surface area contributed by atoms with Crippen molar-refractivity contribution in [2.24, 2.45) is 5.41 Å². The maximum Gasteiger partial charge on any atom is 0.192 e. The quantitative estimate of drug-likeness (QED) is 0.370. The zero-order valence-electron chi connectivity index (χ0n) is 16.7. The molecule has 0 amide bonds. The molecule has 0 rings (SSSR count). The molecule has 0 fully saturated rings. The van der Waals surface area contributed by atoms with Gasteiger partial charge in [-0.05, 0) is 51.7 Å². The highest BCUT2D eigenvalue weighted by atomic mass is 28.4. The minimum absolute atomic E-state index is 0.315. The Bertz CT molecular complexity index is 268. The van der Waals surface area contributed by atoms with Gasteiger partial charge in [0.1, 0.15) is 0 Å². The molecule has 3 nitrogen and oxygen atoms in total. The molecular formula is C18H42N2OSi. The molecule has 0 aliphatic heterocycles. The summed E-state index contributed by atoms with van der Waals surface area (Å²) >= 11 is 0. The first-order chi connectivity index (χ1) is 10.2. The van der Waals surface area contributed by atoms with Crippen LogP contribution in [0.4, 0.5) is 0 Å². The summed E-state index contributed by atoms with van der Waals surface area (Å²) in [4.78, 5) is 4.68. The number of hydrogen-bond acceptors (Lipinski definition) is 3. The molecule has 0 aromatic heterocycles. The van der Waals surface area contributed by atoms with Gasteiger partial charge in [0.25, 0.3) is 0 Å². The molecule has 0 aromatic carbocycles. The van der Waals surface area contributed by atoms with Gasteiger partial charge < -0.3 is 14.2 Å². The van der Waals surface area contributed by atoms with Crippen molar-refractivity contribution in [3.63, 3.8) is 0 Å². The van der Waals surface area contributed by atoms with Gasteiger partial charge in [-0.1, -0.05) is 46.5 Å². The van der Waals surface area contributed by atoms with Crippen LogP contribution >= 0.6 is 0 Å². The van der Waals surface area contributed by atoms with Crippen molar-refractivity contribution in [2.45, 2.75) is 64.6 Å².